The van der Waals surface area contributed by atoms with Gasteiger partial charge in [-0.1, -0.05) is 0 Å². The Morgan fingerprint density at radius 2 is 2.05 bits per heavy atom. The SMILES string of the molecule is CC(=O)OC[C@H]1O[C@@H](N2CCC(=O)NC2=O)CC1OC(C)=O. The van der Waals surface area contributed by atoms with E-state index >= 15 is 0 Å². The van der Waals surface area contributed by atoms with Gasteiger partial charge in [-0.05, 0) is 0 Å². The first-order chi connectivity index (χ1) is 10.4. The monoisotopic (exact) mass is 314 g/mol. The summed E-state index contributed by atoms with van der Waals surface area (Å²) in [5, 5.41) is 2.20. The van der Waals surface area contributed by atoms with Gasteiger partial charge < -0.3 is 14.2 Å². The van der Waals surface area contributed by atoms with Gasteiger partial charge in [0.15, 0.2) is 0 Å². The number of rotatable bonds is 4. The summed E-state index contributed by atoms with van der Waals surface area (Å²) >= 11 is 0. The fourth-order valence-electron chi connectivity index (χ4n) is 2.43. The zero-order valence-electron chi connectivity index (χ0n) is 12.4. The lowest BCUT2D eigenvalue weighted by atomic mass is 10.1. The van der Waals surface area contributed by atoms with Crippen molar-refractivity contribution in [1.29, 1.82) is 0 Å². The molecule has 2 heterocycles. The number of urea groups is 1. The Kier molecular flexibility index (Phi) is 4.96. The summed E-state index contributed by atoms with van der Waals surface area (Å²) in [6.07, 6.45) is -1.47. The van der Waals surface area contributed by atoms with Gasteiger partial charge in [0.25, 0.3) is 0 Å². The summed E-state index contributed by atoms with van der Waals surface area (Å²) in [6.45, 7) is 2.68. The summed E-state index contributed by atoms with van der Waals surface area (Å²) in [7, 11) is 0. The molecule has 2 saturated heterocycles. The highest BCUT2D eigenvalue weighted by Crippen LogP contribution is 2.27. The van der Waals surface area contributed by atoms with Gasteiger partial charge in [-0.15, -0.1) is 0 Å². The number of ether oxygens (including phenoxy) is 3. The maximum atomic E-state index is 11.8. The van der Waals surface area contributed by atoms with E-state index in [2.05, 4.69) is 5.32 Å². The lowest BCUT2D eigenvalue weighted by Gasteiger charge is -2.31. The summed E-state index contributed by atoms with van der Waals surface area (Å²) in [4.78, 5) is 46.4. The maximum Gasteiger partial charge on any atom is 0.326 e. The fourth-order valence-corrected chi connectivity index (χ4v) is 2.43. The van der Waals surface area contributed by atoms with Crippen molar-refractivity contribution < 1.29 is 33.4 Å². The van der Waals surface area contributed by atoms with Crippen LogP contribution in [0.5, 0.6) is 0 Å². The second-order valence-corrected chi connectivity index (χ2v) is 5.11. The number of carbonyl (C=O) groups is 4. The predicted molar refractivity (Wildman–Crippen MR) is 70.3 cm³/mol. The van der Waals surface area contributed by atoms with Crippen LogP contribution in [0.2, 0.25) is 0 Å². The quantitative estimate of drug-likeness (QED) is 0.699. The van der Waals surface area contributed by atoms with Crippen LogP contribution in [0.15, 0.2) is 0 Å². The topological polar surface area (TPSA) is 111 Å². The number of carbonyl (C=O) groups excluding carboxylic acids is 4. The van der Waals surface area contributed by atoms with E-state index in [0.29, 0.717) is 0 Å². The van der Waals surface area contributed by atoms with Gasteiger partial charge in [0.1, 0.15) is 25.0 Å². The van der Waals surface area contributed by atoms with Crippen LogP contribution in [0.4, 0.5) is 4.79 Å². The van der Waals surface area contributed by atoms with E-state index in [-0.39, 0.29) is 31.9 Å². The third-order valence-electron chi connectivity index (χ3n) is 3.38. The number of esters is 2. The van der Waals surface area contributed by atoms with Gasteiger partial charge in [0.2, 0.25) is 5.91 Å². The van der Waals surface area contributed by atoms with Crippen molar-refractivity contribution in [3.8, 4) is 0 Å². The first-order valence-electron chi connectivity index (χ1n) is 6.93. The Balaban J connectivity index is 2.01. The van der Waals surface area contributed by atoms with Crippen molar-refractivity contribution in [2.24, 2.45) is 0 Å². The van der Waals surface area contributed by atoms with E-state index < -0.39 is 36.4 Å². The van der Waals surface area contributed by atoms with E-state index in [4.69, 9.17) is 14.2 Å². The van der Waals surface area contributed by atoms with Gasteiger partial charge in [-0.3, -0.25) is 24.6 Å². The van der Waals surface area contributed by atoms with E-state index in [0.717, 1.165) is 0 Å². The molecule has 0 bridgehead atoms. The van der Waals surface area contributed by atoms with E-state index in [1.807, 2.05) is 0 Å². The van der Waals surface area contributed by atoms with Gasteiger partial charge in [-0.2, -0.15) is 0 Å². The molecular weight excluding hydrogens is 296 g/mol. The normalized spacial score (nSPS) is 28.3. The molecule has 2 rings (SSSR count). The Bertz CT molecular complexity index is 493. The average Bonchev–Trinajstić information content (AvgIpc) is 2.78. The largest absolute Gasteiger partial charge is 0.463 e. The Hall–Kier alpha value is -2.16. The van der Waals surface area contributed by atoms with Gasteiger partial charge in [0, 0.05) is 33.2 Å². The van der Waals surface area contributed by atoms with E-state index in [9.17, 15) is 19.2 Å². The van der Waals surface area contributed by atoms with Crippen molar-refractivity contribution in [2.75, 3.05) is 13.2 Å². The van der Waals surface area contributed by atoms with Gasteiger partial charge in [-0.25, -0.2) is 4.79 Å². The van der Waals surface area contributed by atoms with Crippen LogP contribution in [0.3, 0.4) is 0 Å². The smallest absolute Gasteiger partial charge is 0.326 e. The molecule has 0 radical (unpaired) electrons. The summed E-state index contributed by atoms with van der Waals surface area (Å²) < 4.78 is 15.7. The molecule has 9 heteroatoms. The molecule has 0 aromatic heterocycles. The van der Waals surface area contributed by atoms with Gasteiger partial charge in [0.05, 0.1) is 0 Å². The molecule has 9 nitrogen and oxygen atoms in total. The molecule has 1 N–H and O–H groups in total. The molecule has 2 fully saturated rings. The van der Waals surface area contributed by atoms with Crippen molar-refractivity contribution in [2.45, 2.75) is 45.1 Å². The number of hydrogen-bond acceptors (Lipinski definition) is 7. The first kappa shape index (κ1) is 16.2. The molecular formula is C13H18N2O7. The van der Waals surface area contributed by atoms with Crippen LogP contribution in [-0.4, -0.2) is 60.4 Å². The third-order valence-corrected chi connectivity index (χ3v) is 3.38. The molecule has 0 aliphatic carbocycles. The predicted octanol–water partition coefficient (Wildman–Crippen LogP) is -0.462. The molecule has 1 unspecified atom stereocenters. The molecule has 3 atom stereocenters. The molecule has 122 valence electrons. The number of hydrogen-bond donors (Lipinski definition) is 1. The Labute approximate surface area is 126 Å². The van der Waals surface area contributed by atoms with Crippen molar-refractivity contribution in [3.63, 3.8) is 0 Å². The summed E-state index contributed by atoms with van der Waals surface area (Å²) in [5.41, 5.74) is 0. The number of nitrogens with one attached hydrogen (secondary N) is 1. The minimum atomic E-state index is -0.650. The lowest BCUT2D eigenvalue weighted by molar-refractivity contribution is -0.156. The zero-order valence-corrected chi connectivity index (χ0v) is 12.4. The highest BCUT2D eigenvalue weighted by Gasteiger charge is 2.43. The molecule has 0 spiro atoms. The molecule has 2 aliphatic heterocycles. The number of imide groups is 1. The molecule has 2 aliphatic rings. The zero-order chi connectivity index (χ0) is 16.3. The summed E-state index contributed by atoms with van der Waals surface area (Å²) in [5.74, 6) is -1.30. The number of amides is 3. The Morgan fingerprint density at radius 1 is 1.32 bits per heavy atom. The van der Waals surface area contributed by atoms with Gasteiger partial charge >= 0.3 is 18.0 Å². The second-order valence-electron chi connectivity index (χ2n) is 5.11. The second kappa shape index (κ2) is 6.73. The standard InChI is InChI=1S/C13H18N2O7/c1-7(16)20-6-10-9(21-8(2)17)5-12(22-10)15-4-3-11(18)14-13(15)19/h9-10,12H,3-6H2,1-2H3,(H,14,18,19)/t9?,10-,12-/m1/s1. The highest BCUT2D eigenvalue weighted by molar-refractivity contribution is 5.96. The molecule has 0 aromatic carbocycles. The third kappa shape index (κ3) is 3.94. The lowest BCUT2D eigenvalue weighted by Crippen LogP contribution is -2.53. The number of nitrogens with zero attached hydrogens (tertiary/aromatic N) is 1. The van der Waals surface area contributed by atoms with E-state index in [1.54, 1.807) is 0 Å². The van der Waals surface area contributed by atoms with Crippen LogP contribution in [0, 0.1) is 0 Å². The minimum absolute atomic E-state index is 0.0713. The van der Waals surface area contributed by atoms with Crippen molar-refractivity contribution in [3.05, 3.63) is 0 Å². The van der Waals surface area contributed by atoms with Crippen LogP contribution in [0.25, 0.3) is 0 Å². The van der Waals surface area contributed by atoms with Crippen LogP contribution < -0.4 is 5.32 Å². The van der Waals surface area contributed by atoms with Crippen LogP contribution >= 0.6 is 0 Å². The fraction of sp³-hybridized carbons (Fsp3) is 0.692. The molecule has 22 heavy (non-hydrogen) atoms. The summed E-state index contributed by atoms with van der Waals surface area (Å²) in [6, 6.07) is -0.545. The van der Waals surface area contributed by atoms with Crippen LogP contribution in [0.1, 0.15) is 26.7 Å². The van der Waals surface area contributed by atoms with E-state index in [1.165, 1.54) is 18.7 Å². The average molecular weight is 314 g/mol. The van der Waals surface area contributed by atoms with Crippen LogP contribution in [-0.2, 0) is 28.6 Å². The molecule has 3 amide bonds. The Morgan fingerprint density at radius 3 is 2.64 bits per heavy atom. The minimum Gasteiger partial charge on any atom is -0.463 e. The van der Waals surface area contributed by atoms with Crippen molar-refractivity contribution in [1.82, 2.24) is 10.2 Å². The molecule has 0 aromatic rings. The van der Waals surface area contributed by atoms with Crippen molar-refractivity contribution >= 4 is 23.9 Å². The maximum absolute atomic E-state index is 11.8. The molecule has 0 saturated carbocycles. The first-order valence-corrected chi connectivity index (χ1v) is 6.93. The highest BCUT2D eigenvalue weighted by atomic mass is 16.6.